The predicted molar refractivity (Wildman–Crippen MR) is 73.9 cm³/mol. The second kappa shape index (κ2) is 5.57. The maximum atomic E-state index is 10.6. The van der Waals surface area contributed by atoms with Gasteiger partial charge in [-0.25, -0.2) is 0 Å². The Balaban J connectivity index is 2.32. The molecule has 2 atom stereocenters. The van der Waals surface area contributed by atoms with E-state index in [2.05, 4.69) is 25.1 Å². The summed E-state index contributed by atoms with van der Waals surface area (Å²) < 4.78 is 5.49. The predicted octanol–water partition coefficient (Wildman–Crippen LogP) is 3.70. The van der Waals surface area contributed by atoms with Gasteiger partial charge in [-0.1, -0.05) is 24.3 Å². The Morgan fingerprint density at radius 2 is 2.06 bits per heavy atom. The number of aryl methyl sites for hydroxylation is 1. The van der Waals surface area contributed by atoms with Crippen LogP contribution in [0.2, 0.25) is 0 Å². The van der Waals surface area contributed by atoms with E-state index in [0.717, 1.165) is 36.1 Å². The normalized spacial score (nSPS) is 20.8. The van der Waals surface area contributed by atoms with Gasteiger partial charge in [0.1, 0.15) is 5.75 Å². The van der Waals surface area contributed by atoms with Crippen LogP contribution in [0.3, 0.4) is 0 Å². The molecular weight excluding hydrogens is 224 g/mol. The standard InChI is InChI=1S/C16H22O2/c1-11-9-10-14(16(18-3)12(11)2)15(17)13-7-5-4-6-8-13/h4-5,9-10,13,15,17H,6-8H2,1-3H3. The molecule has 0 saturated heterocycles. The van der Waals surface area contributed by atoms with E-state index in [0.29, 0.717) is 5.92 Å². The summed E-state index contributed by atoms with van der Waals surface area (Å²) in [5, 5.41) is 10.6. The highest BCUT2D eigenvalue weighted by Crippen LogP contribution is 2.38. The Kier molecular flexibility index (Phi) is 4.07. The summed E-state index contributed by atoms with van der Waals surface area (Å²) in [6.07, 6.45) is 7.01. The van der Waals surface area contributed by atoms with E-state index >= 15 is 0 Å². The minimum Gasteiger partial charge on any atom is -0.496 e. The molecule has 0 spiro atoms. The van der Waals surface area contributed by atoms with Gasteiger partial charge in [0.25, 0.3) is 0 Å². The van der Waals surface area contributed by atoms with Crippen LogP contribution in [0.25, 0.3) is 0 Å². The third-order valence-corrected chi connectivity index (χ3v) is 3.99. The molecule has 0 aromatic heterocycles. The Labute approximate surface area is 109 Å². The van der Waals surface area contributed by atoms with Crippen LogP contribution in [0.5, 0.6) is 5.75 Å². The van der Waals surface area contributed by atoms with Crippen molar-refractivity contribution in [1.82, 2.24) is 0 Å². The zero-order valence-electron chi connectivity index (χ0n) is 11.4. The number of allylic oxidation sites excluding steroid dienone is 2. The first-order valence-corrected chi connectivity index (χ1v) is 6.62. The second-order valence-corrected chi connectivity index (χ2v) is 5.12. The summed E-state index contributed by atoms with van der Waals surface area (Å²) in [6, 6.07) is 4.07. The summed E-state index contributed by atoms with van der Waals surface area (Å²) in [7, 11) is 1.68. The van der Waals surface area contributed by atoms with Gasteiger partial charge in [0.15, 0.2) is 0 Å². The summed E-state index contributed by atoms with van der Waals surface area (Å²) in [4.78, 5) is 0. The molecule has 0 amide bonds. The SMILES string of the molecule is COc1c(C(O)C2CC=CCC2)ccc(C)c1C. The third-order valence-electron chi connectivity index (χ3n) is 3.99. The van der Waals surface area contributed by atoms with Gasteiger partial charge in [0.2, 0.25) is 0 Å². The maximum absolute atomic E-state index is 10.6. The van der Waals surface area contributed by atoms with Crippen molar-refractivity contribution in [3.8, 4) is 5.75 Å². The van der Waals surface area contributed by atoms with E-state index in [1.165, 1.54) is 5.56 Å². The number of hydrogen-bond donors (Lipinski definition) is 1. The van der Waals surface area contributed by atoms with Gasteiger partial charge in [-0.3, -0.25) is 0 Å². The molecule has 2 nitrogen and oxygen atoms in total. The van der Waals surface area contributed by atoms with Gasteiger partial charge in [-0.2, -0.15) is 0 Å². The minimum absolute atomic E-state index is 0.311. The summed E-state index contributed by atoms with van der Waals surface area (Å²) in [5.74, 6) is 1.16. The van der Waals surface area contributed by atoms with Crippen LogP contribution in [-0.4, -0.2) is 12.2 Å². The Bertz CT molecular complexity index is 449. The highest BCUT2D eigenvalue weighted by Gasteiger charge is 2.24. The Morgan fingerprint density at radius 1 is 1.28 bits per heavy atom. The lowest BCUT2D eigenvalue weighted by Gasteiger charge is -2.26. The van der Waals surface area contributed by atoms with Crippen molar-refractivity contribution in [2.75, 3.05) is 7.11 Å². The van der Waals surface area contributed by atoms with Crippen molar-refractivity contribution in [2.45, 2.75) is 39.2 Å². The molecule has 98 valence electrons. The average molecular weight is 246 g/mol. The lowest BCUT2D eigenvalue weighted by atomic mass is 9.85. The second-order valence-electron chi connectivity index (χ2n) is 5.12. The largest absolute Gasteiger partial charge is 0.496 e. The van der Waals surface area contributed by atoms with E-state index < -0.39 is 6.10 Å². The molecular formula is C16H22O2. The van der Waals surface area contributed by atoms with E-state index in [1.807, 2.05) is 13.0 Å². The average Bonchev–Trinajstić information content (AvgIpc) is 2.42. The summed E-state index contributed by atoms with van der Waals surface area (Å²) in [6.45, 7) is 4.11. The molecule has 0 heterocycles. The van der Waals surface area contributed by atoms with Crippen LogP contribution in [-0.2, 0) is 0 Å². The Hall–Kier alpha value is -1.28. The fourth-order valence-corrected chi connectivity index (χ4v) is 2.67. The highest BCUT2D eigenvalue weighted by molar-refractivity contribution is 5.46. The molecule has 0 saturated carbocycles. The first-order valence-electron chi connectivity index (χ1n) is 6.62. The molecule has 1 aliphatic carbocycles. The van der Waals surface area contributed by atoms with Crippen LogP contribution in [0.4, 0.5) is 0 Å². The quantitative estimate of drug-likeness (QED) is 0.824. The van der Waals surface area contributed by atoms with Crippen LogP contribution in [0.1, 0.15) is 42.1 Å². The van der Waals surface area contributed by atoms with Crippen molar-refractivity contribution in [3.63, 3.8) is 0 Å². The summed E-state index contributed by atoms with van der Waals surface area (Å²) >= 11 is 0. The number of rotatable bonds is 3. The fraction of sp³-hybridized carbons (Fsp3) is 0.500. The van der Waals surface area contributed by atoms with Gasteiger partial charge in [0.05, 0.1) is 13.2 Å². The number of aliphatic hydroxyl groups is 1. The molecule has 1 aromatic carbocycles. The van der Waals surface area contributed by atoms with E-state index in [4.69, 9.17) is 4.74 Å². The monoisotopic (exact) mass is 246 g/mol. The topological polar surface area (TPSA) is 29.5 Å². The molecule has 1 aromatic rings. The smallest absolute Gasteiger partial charge is 0.127 e. The lowest BCUT2D eigenvalue weighted by molar-refractivity contribution is 0.0995. The zero-order chi connectivity index (χ0) is 13.1. The van der Waals surface area contributed by atoms with Crippen LogP contribution in [0.15, 0.2) is 24.3 Å². The number of benzene rings is 1. The molecule has 2 rings (SSSR count). The number of ether oxygens (including phenoxy) is 1. The number of aliphatic hydroxyl groups excluding tert-OH is 1. The first-order chi connectivity index (χ1) is 8.65. The van der Waals surface area contributed by atoms with Crippen LogP contribution in [0, 0.1) is 19.8 Å². The zero-order valence-corrected chi connectivity index (χ0v) is 11.4. The van der Waals surface area contributed by atoms with Crippen molar-refractivity contribution in [2.24, 2.45) is 5.92 Å². The fourth-order valence-electron chi connectivity index (χ4n) is 2.67. The first kappa shape index (κ1) is 13.2. The molecule has 0 radical (unpaired) electrons. The number of hydrogen-bond acceptors (Lipinski definition) is 2. The maximum Gasteiger partial charge on any atom is 0.127 e. The molecule has 2 heteroatoms. The minimum atomic E-state index is -0.427. The van der Waals surface area contributed by atoms with Crippen molar-refractivity contribution in [3.05, 3.63) is 41.0 Å². The lowest BCUT2D eigenvalue weighted by Crippen LogP contribution is -2.15. The van der Waals surface area contributed by atoms with Crippen LogP contribution >= 0.6 is 0 Å². The number of methoxy groups -OCH3 is 1. The molecule has 1 aliphatic rings. The Morgan fingerprint density at radius 3 is 2.67 bits per heavy atom. The van der Waals surface area contributed by atoms with Crippen LogP contribution < -0.4 is 4.74 Å². The summed E-state index contributed by atoms with van der Waals surface area (Å²) in [5.41, 5.74) is 3.26. The molecule has 0 bridgehead atoms. The highest BCUT2D eigenvalue weighted by atomic mass is 16.5. The van der Waals surface area contributed by atoms with E-state index in [1.54, 1.807) is 7.11 Å². The molecule has 1 N–H and O–H groups in total. The van der Waals surface area contributed by atoms with E-state index in [9.17, 15) is 5.11 Å². The van der Waals surface area contributed by atoms with E-state index in [-0.39, 0.29) is 0 Å². The van der Waals surface area contributed by atoms with Crippen molar-refractivity contribution < 1.29 is 9.84 Å². The van der Waals surface area contributed by atoms with Gasteiger partial charge < -0.3 is 9.84 Å². The molecule has 2 unspecified atom stereocenters. The molecule has 18 heavy (non-hydrogen) atoms. The van der Waals surface area contributed by atoms with Crippen molar-refractivity contribution in [1.29, 1.82) is 0 Å². The van der Waals surface area contributed by atoms with Gasteiger partial charge >= 0.3 is 0 Å². The van der Waals surface area contributed by atoms with Gasteiger partial charge in [-0.05, 0) is 50.2 Å². The van der Waals surface area contributed by atoms with Crippen molar-refractivity contribution >= 4 is 0 Å². The van der Waals surface area contributed by atoms with Gasteiger partial charge in [-0.15, -0.1) is 0 Å². The molecule has 0 fully saturated rings. The van der Waals surface area contributed by atoms with Gasteiger partial charge in [0, 0.05) is 5.56 Å². The third kappa shape index (κ3) is 2.44. The molecule has 0 aliphatic heterocycles.